The Morgan fingerprint density at radius 1 is 1.38 bits per heavy atom. The summed E-state index contributed by atoms with van der Waals surface area (Å²) in [6.07, 6.45) is 0.646. The van der Waals surface area contributed by atoms with Gasteiger partial charge in [0.15, 0.2) is 0 Å². The molecule has 3 N–H and O–H groups in total. The van der Waals surface area contributed by atoms with Crippen LogP contribution in [0, 0.1) is 0 Å². The smallest absolute Gasteiger partial charge is 0.304 e. The second-order valence-electron chi connectivity index (χ2n) is 4.42. The predicted octanol–water partition coefficient (Wildman–Crippen LogP) is 2.15. The minimum atomic E-state index is -0.838. The highest BCUT2D eigenvalue weighted by molar-refractivity contribution is 5.67. The molecule has 0 aliphatic rings. The third-order valence-corrected chi connectivity index (χ3v) is 2.60. The van der Waals surface area contributed by atoms with Gasteiger partial charge in [0.25, 0.3) is 0 Å². The summed E-state index contributed by atoms with van der Waals surface area (Å²) in [5.74, 6) is -0.400. The molecule has 1 unspecified atom stereocenters. The van der Waals surface area contributed by atoms with E-state index in [-0.39, 0.29) is 12.5 Å². The van der Waals surface area contributed by atoms with Crippen molar-refractivity contribution in [1.82, 2.24) is 0 Å². The third-order valence-electron chi connectivity index (χ3n) is 2.60. The Balaban J connectivity index is 2.76. The molecule has 16 heavy (non-hydrogen) atoms. The first-order valence-corrected chi connectivity index (χ1v) is 5.56. The van der Waals surface area contributed by atoms with E-state index in [1.165, 1.54) is 5.56 Å². The van der Waals surface area contributed by atoms with Gasteiger partial charge in [0.2, 0.25) is 0 Å². The van der Waals surface area contributed by atoms with Crippen molar-refractivity contribution < 1.29 is 9.90 Å². The molecule has 0 heterocycles. The van der Waals surface area contributed by atoms with Crippen LogP contribution < -0.4 is 5.73 Å². The average Bonchev–Trinajstić information content (AvgIpc) is 2.16. The number of carboxylic acids is 1. The van der Waals surface area contributed by atoms with E-state index in [9.17, 15) is 4.79 Å². The number of hydrogen-bond acceptors (Lipinski definition) is 2. The molecule has 1 rings (SSSR count). The first-order valence-electron chi connectivity index (χ1n) is 5.56. The fraction of sp³-hybridized carbons (Fsp3) is 0.462. The molecular weight excluding hydrogens is 202 g/mol. The highest BCUT2D eigenvalue weighted by Crippen LogP contribution is 2.20. The third kappa shape index (κ3) is 3.66. The van der Waals surface area contributed by atoms with E-state index in [0.717, 1.165) is 5.56 Å². The van der Waals surface area contributed by atoms with Gasteiger partial charge in [0.05, 0.1) is 6.42 Å². The Labute approximate surface area is 96.3 Å². The number of carboxylic acid groups (broad SMARTS) is 1. The van der Waals surface area contributed by atoms with Crippen molar-refractivity contribution in [1.29, 1.82) is 0 Å². The van der Waals surface area contributed by atoms with Crippen LogP contribution in [0.4, 0.5) is 0 Å². The largest absolute Gasteiger partial charge is 0.481 e. The fourth-order valence-electron chi connectivity index (χ4n) is 1.86. The summed E-state index contributed by atoms with van der Waals surface area (Å²) in [5, 5.41) is 8.66. The van der Waals surface area contributed by atoms with Crippen LogP contribution in [0.2, 0.25) is 0 Å². The van der Waals surface area contributed by atoms with E-state index in [4.69, 9.17) is 10.8 Å². The van der Waals surface area contributed by atoms with E-state index in [1.54, 1.807) is 0 Å². The zero-order valence-corrected chi connectivity index (χ0v) is 9.81. The molecule has 3 nitrogen and oxygen atoms in total. The summed E-state index contributed by atoms with van der Waals surface area (Å²) >= 11 is 0. The molecule has 1 aromatic carbocycles. The molecule has 0 aliphatic heterocycles. The maximum atomic E-state index is 10.5. The van der Waals surface area contributed by atoms with E-state index in [2.05, 4.69) is 19.9 Å². The number of carbonyl (C=O) groups is 1. The molecule has 0 spiro atoms. The van der Waals surface area contributed by atoms with Gasteiger partial charge in [-0.05, 0) is 23.5 Å². The highest BCUT2D eigenvalue weighted by Gasteiger charge is 2.12. The summed E-state index contributed by atoms with van der Waals surface area (Å²) in [5.41, 5.74) is 8.21. The summed E-state index contributed by atoms with van der Waals surface area (Å²) in [6.45, 7) is 4.25. The molecule has 1 aromatic rings. The topological polar surface area (TPSA) is 63.3 Å². The lowest BCUT2D eigenvalue weighted by Gasteiger charge is -2.15. The van der Waals surface area contributed by atoms with Gasteiger partial charge in [0, 0.05) is 6.04 Å². The van der Waals surface area contributed by atoms with Crippen LogP contribution in [0.1, 0.15) is 37.3 Å². The summed E-state index contributed by atoms with van der Waals surface area (Å²) in [7, 11) is 0. The maximum absolute atomic E-state index is 10.5. The van der Waals surface area contributed by atoms with E-state index in [1.807, 2.05) is 18.2 Å². The number of aliphatic carboxylic acids is 1. The van der Waals surface area contributed by atoms with Crippen LogP contribution in [-0.4, -0.2) is 17.1 Å². The van der Waals surface area contributed by atoms with Crippen molar-refractivity contribution in [3.63, 3.8) is 0 Å². The second-order valence-corrected chi connectivity index (χ2v) is 4.42. The van der Waals surface area contributed by atoms with Crippen LogP contribution in [0.25, 0.3) is 0 Å². The summed E-state index contributed by atoms with van der Waals surface area (Å²) in [4.78, 5) is 10.5. The van der Waals surface area contributed by atoms with Gasteiger partial charge in [-0.15, -0.1) is 0 Å². The molecule has 0 bridgehead atoms. The zero-order chi connectivity index (χ0) is 12.1. The van der Waals surface area contributed by atoms with Gasteiger partial charge in [-0.25, -0.2) is 0 Å². The van der Waals surface area contributed by atoms with Crippen LogP contribution in [0.5, 0.6) is 0 Å². The Kier molecular flexibility index (Phi) is 4.50. The molecule has 0 saturated carbocycles. The number of benzene rings is 1. The zero-order valence-electron chi connectivity index (χ0n) is 9.81. The van der Waals surface area contributed by atoms with Crippen molar-refractivity contribution in [3.05, 3.63) is 35.4 Å². The van der Waals surface area contributed by atoms with Crippen molar-refractivity contribution in [2.45, 2.75) is 38.6 Å². The lowest BCUT2D eigenvalue weighted by Crippen LogP contribution is -2.26. The van der Waals surface area contributed by atoms with E-state index >= 15 is 0 Å². The van der Waals surface area contributed by atoms with Gasteiger partial charge in [0.1, 0.15) is 0 Å². The Morgan fingerprint density at radius 2 is 2.00 bits per heavy atom. The van der Waals surface area contributed by atoms with Gasteiger partial charge in [-0.2, -0.15) is 0 Å². The van der Waals surface area contributed by atoms with Crippen molar-refractivity contribution in [2.75, 3.05) is 0 Å². The van der Waals surface area contributed by atoms with Gasteiger partial charge < -0.3 is 10.8 Å². The van der Waals surface area contributed by atoms with Crippen molar-refractivity contribution in [2.24, 2.45) is 5.73 Å². The summed E-state index contributed by atoms with van der Waals surface area (Å²) < 4.78 is 0. The number of hydrogen-bond donors (Lipinski definition) is 2. The Morgan fingerprint density at radius 3 is 2.56 bits per heavy atom. The van der Waals surface area contributed by atoms with Crippen LogP contribution >= 0.6 is 0 Å². The Bertz CT molecular complexity index is 361. The molecule has 0 amide bonds. The molecular formula is C13H19NO2. The van der Waals surface area contributed by atoms with Gasteiger partial charge in [-0.3, -0.25) is 4.79 Å². The molecule has 3 heteroatoms. The lowest BCUT2D eigenvalue weighted by atomic mass is 9.93. The van der Waals surface area contributed by atoms with Gasteiger partial charge >= 0.3 is 5.97 Å². The number of rotatable bonds is 5. The van der Waals surface area contributed by atoms with Crippen LogP contribution in [0.3, 0.4) is 0 Å². The molecule has 0 aliphatic carbocycles. The highest BCUT2D eigenvalue weighted by atomic mass is 16.4. The predicted molar refractivity (Wildman–Crippen MR) is 64.5 cm³/mol. The van der Waals surface area contributed by atoms with E-state index in [0.29, 0.717) is 12.3 Å². The maximum Gasteiger partial charge on any atom is 0.304 e. The first kappa shape index (κ1) is 12.7. The first-order chi connectivity index (χ1) is 7.50. The number of nitrogens with two attached hydrogens (primary N) is 1. The monoisotopic (exact) mass is 221 g/mol. The standard InChI is InChI=1S/C13H19NO2/c1-9(2)12-6-4-3-5-10(12)7-11(14)8-13(15)16/h3-6,9,11H,7-8,14H2,1-2H3,(H,15,16). The lowest BCUT2D eigenvalue weighted by molar-refractivity contribution is -0.137. The van der Waals surface area contributed by atoms with Gasteiger partial charge in [-0.1, -0.05) is 38.1 Å². The SMILES string of the molecule is CC(C)c1ccccc1CC(N)CC(=O)O. The van der Waals surface area contributed by atoms with E-state index < -0.39 is 5.97 Å². The molecule has 88 valence electrons. The molecule has 1 atom stereocenters. The van der Waals surface area contributed by atoms with Crippen LogP contribution in [0.15, 0.2) is 24.3 Å². The van der Waals surface area contributed by atoms with Crippen molar-refractivity contribution in [3.8, 4) is 0 Å². The molecule has 0 aromatic heterocycles. The quantitative estimate of drug-likeness (QED) is 0.800. The van der Waals surface area contributed by atoms with Crippen molar-refractivity contribution >= 4 is 5.97 Å². The minimum absolute atomic E-state index is 0.0203. The minimum Gasteiger partial charge on any atom is -0.481 e. The average molecular weight is 221 g/mol. The van der Waals surface area contributed by atoms with Crippen LogP contribution in [-0.2, 0) is 11.2 Å². The normalized spacial score (nSPS) is 12.8. The fourth-order valence-corrected chi connectivity index (χ4v) is 1.86. The second kappa shape index (κ2) is 5.66. The summed E-state index contributed by atoms with van der Waals surface area (Å²) in [6, 6.07) is 7.76. The molecule has 0 radical (unpaired) electrons. The molecule has 0 saturated heterocycles. The molecule has 0 fully saturated rings. The Hall–Kier alpha value is -1.35.